The predicted molar refractivity (Wildman–Crippen MR) is 104 cm³/mol. The van der Waals surface area contributed by atoms with Crippen LogP contribution in [0.25, 0.3) is 0 Å². The lowest BCUT2D eigenvalue weighted by Gasteiger charge is -2.30. The molecule has 1 atom stereocenters. The third kappa shape index (κ3) is 4.36. The molecule has 0 radical (unpaired) electrons. The van der Waals surface area contributed by atoms with Crippen molar-refractivity contribution in [2.75, 3.05) is 30.5 Å². The predicted octanol–water partition coefficient (Wildman–Crippen LogP) is 2.25. The molecule has 0 saturated carbocycles. The first-order chi connectivity index (χ1) is 13.0. The monoisotopic (exact) mass is 370 g/mol. The molecule has 1 aliphatic rings. The van der Waals surface area contributed by atoms with Crippen LogP contribution in [0, 0.1) is 5.92 Å². The third-order valence-electron chi connectivity index (χ3n) is 4.92. The summed E-state index contributed by atoms with van der Waals surface area (Å²) < 4.78 is 4.80. The van der Waals surface area contributed by atoms with Crippen molar-refractivity contribution in [2.24, 2.45) is 5.92 Å². The van der Waals surface area contributed by atoms with E-state index in [1.165, 1.54) is 18.2 Å². The number of anilines is 2. The quantitative estimate of drug-likeness (QED) is 0.754. The highest BCUT2D eigenvalue weighted by atomic mass is 16.5. The summed E-state index contributed by atoms with van der Waals surface area (Å²) in [5, 5.41) is 12.7. The van der Waals surface area contributed by atoms with Gasteiger partial charge in [-0.25, -0.2) is 9.78 Å². The van der Waals surface area contributed by atoms with E-state index < -0.39 is 0 Å². The number of aliphatic hydroxyl groups is 1. The van der Waals surface area contributed by atoms with Gasteiger partial charge in [-0.2, -0.15) is 4.98 Å². The zero-order valence-corrected chi connectivity index (χ0v) is 16.0. The molecule has 0 aliphatic carbocycles. The standard InChI is InChI=1S/C20H26N4O3/c1-13(2)17(12-25)22-20-21-8-6-18(23-20)24-9-7-14-10-15(19(26)27-3)4-5-16(14)11-24/h4-6,8,10,13,17,25H,7,9,11-12H2,1-3H3,(H,21,22,23)/t17-/m1/s1. The average Bonchev–Trinajstić information content (AvgIpc) is 2.70. The number of nitrogens with zero attached hydrogens (tertiary/aromatic N) is 3. The van der Waals surface area contributed by atoms with Gasteiger partial charge in [-0.3, -0.25) is 0 Å². The second kappa shape index (κ2) is 8.35. The molecule has 0 unspecified atom stereocenters. The summed E-state index contributed by atoms with van der Waals surface area (Å²) in [5.41, 5.74) is 2.93. The first-order valence-electron chi connectivity index (χ1n) is 9.17. The van der Waals surface area contributed by atoms with Gasteiger partial charge in [0, 0.05) is 19.3 Å². The van der Waals surface area contributed by atoms with Gasteiger partial charge in [-0.15, -0.1) is 0 Å². The van der Waals surface area contributed by atoms with Crippen molar-refractivity contribution in [3.63, 3.8) is 0 Å². The number of carbonyl (C=O) groups excluding carboxylic acids is 1. The molecule has 7 nitrogen and oxygen atoms in total. The van der Waals surface area contributed by atoms with E-state index in [0.717, 1.165) is 25.3 Å². The van der Waals surface area contributed by atoms with Gasteiger partial charge in [0.1, 0.15) is 5.82 Å². The Kier molecular flexibility index (Phi) is 5.91. The summed E-state index contributed by atoms with van der Waals surface area (Å²) in [7, 11) is 1.39. The van der Waals surface area contributed by atoms with E-state index in [9.17, 15) is 9.90 Å². The zero-order chi connectivity index (χ0) is 19.4. The molecular formula is C20H26N4O3. The van der Waals surface area contributed by atoms with Crippen molar-refractivity contribution in [1.82, 2.24) is 9.97 Å². The zero-order valence-electron chi connectivity index (χ0n) is 16.0. The number of aromatic nitrogens is 2. The number of rotatable bonds is 6. The topological polar surface area (TPSA) is 87.6 Å². The van der Waals surface area contributed by atoms with Gasteiger partial charge in [0.15, 0.2) is 0 Å². The highest BCUT2D eigenvalue weighted by Gasteiger charge is 2.20. The fraction of sp³-hybridized carbons (Fsp3) is 0.450. The van der Waals surface area contributed by atoms with Crippen LogP contribution in [0.3, 0.4) is 0 Å². The Balaban J connectivity index is 1.75. The number of hydrogen-bond donors (Lipinski definition) is 2. The Bertz CT molecular complexity index is 810. The number of carbonyl (C=O) groups is 1. The number of ether oxygens (including phenoxy) is 1. The summed E-state index contributed by atoms with van der Waals surface area (Å²) in [6.07, 6.45) is 2.56. The number of fused-ring (bicyclic) bond motifs is 1. The van der Waals surface area contributed by atoms with Gasteiger partial charge in [0.25, 0.3) is 0 Å². The second-order valence-corrected chi connectivity index (χ2v) is 7.06. The normalized spacial score (nSPS) is 14.6. The van der Waals surface area contributed by atoms with Crippen LogP contribution in [-0.2, 0) is 17.7 Å². The molecule has 2 aromatic rings. The Morgan fingerprint density at radius 1 is 1.33 bits per heavy atom. The minimum atomic E-state index is -0.310. The molecule has 3 rings (SSSR count). The Morgan fingerprint density at radius 3 is 2.85 bits per heavy atom. The molecule has 0 amide bonds. The van der Waals surface area contributed by atoms with E-state index in [0.29, 0.717) is 11.5 Å². The molecule has 2 N–H and O–H groups in total. The van der Waals surface area contributed by atoms with Crippen molar-refractivity contribution in [3.8, 4) is 0 Å². The summed E-state index contributed by atoms with van der Waals surface area (Å²) in [6, 6.07) is 7.51. The van der Waals surface area contributed by atoms with Crippen LogP contribution in [0.15, 0.2) is 30.5 Å². The molecule has 0 spiro atoms. The van der Waals surface area contributed by atoms with E-state index in [4.69, 9.17) is 4.74 Å². The maximum absolute atomic E-state index is 11.7. The summed E-state index contributed by atoms with van der Waals surface area (Å²) in [4.78, 5) is 22.8. The number of nitrogens with one attached hydrogen (secondary N) is 1. The van der Waals surface area contributed by atoms with Gasteiger partial charge in [0.05, 0.1) is 25.3 Å². The lowest BCUT2D eigenvalue weighted by Crippen LogP contribution is -2.33. The van der Waals surface area contributed by atoms with E-state index in [1.807, 2.05) is 32.0 Å². The SMILES string of the molecule is COC(=O)c1ccc2c(c1)CCN(c1ccnc(N[C@H](CO)C(C)C)n1)C2. The molecule has 1 aliphatic heterocycles. The highest BCUT2D eigenvalue weighted by molar-refractivity contribution is 5.89. The number of hydrogen-bond acceptors (Lipinski definition) is 7. The van der Waals surface area contributed by atoms with Gasteiger partial charge in [0.2, 0.25) is 5.95 Å². The maximum atomic E-state index is 11.7. The van der Waals surface area contributed by atoms with E-state index in [1.54, 1.807) is 12.3 Å². The summed E-state index contributed by atoms with van der Waals surface area (Å²) in [6.45, 7) is 5.65. The minimum Gasteiger partial charge on any atom is -0.465 e. The van der Waals surface area contributed by atoms with Crippen molar-refractivity contribution < 1.29 is 14.6 Å². The number of esters is 1. The molecule has 1 aromatic heterocycles. The summed E-state index contributed by atoms with van der Waals surface area (Å²) in [5.74, 6) is 1.33. The minimum absolute atomic E-state index is 0.0326. The van der Waals surface area contributed by atoms with Gasteiger partial charge in [-0.1, -0.05) is 19.9 Å². The Labute approximate surface area is 159 Å². The van der Waals surface area contributed by atoms with Crippen LogP contribution < -0.4 is 10.2 Å². The van der Waals surface area contributed by atoms with E-state index in [2.05, 4.69) is 20.2 Å². The summed E-state index contributed by atoms with van der Waals surface area (Å²) >= 11 is 0. The fourth-order valence-corrected chi connectivity index (χ4v) is 3.18. The molecule has 2 heterocycles. The van der Waals surface area contributed by atoms with Crippen molar-refractivity contribution in [2.45, 2.75) is 32.9 Å². The van der Waals surface area contributed by atoms with Crippen LogP contribution in [0.1, 0.15) is 35.3 Å². The van der Waals surface area contributed by atoms with Crippen LogP contribution in [0.5, 0.6) is 0 Å². The van der Waals surface area contributed by atoms with Crippen LogP contribution in [0.4, 0.5) is 11.8 Å². The van der Waals surface area contributed by atoms with Crippen molar-refractivity contribution in [1.29, 1.82) is 0 Å². The van der Waals surface area contributed by atoms with Crippen LogP contribution in [-0.4, -0.2) is 47.3 Å². The number of methoxy groups -OCH3 is 1. The number of benzene rings is 1. The Morgan fingerprint density at radius 2 is 2.15 bits per heavy atom. The molecule has 1 aromatic carbocycles. The van der Waals surface area contributed by atoms with E-state index >= 15 is 0 Å². The van der Waals surface area contributed by atoms with Gasteiger partial charge >= 0.3 is 5.97 Å². The van der Waals surface area contributed by atoms with E-state index in [-0.39, 0.29) is 24.5 Å². The average molecular weight is 370 g/mol. The molecular weight excluding hydrogens is 344 g/mol. The first-order valence-corrected chi connectivity index (χ1v) is 9.17. The van der Waals surface area contributed by atoms with Gasteiger partial charge < -0.3 is 20.1 Å². The molecule has 0 bridgehead atoms. The smallest absolute Gasteiger partial charge is 0.337 e. The fourth-order valence-electron chi connectivity index (χ4n) is 3.18. The maximum Gasteiger partial charge on any atom is 0.337 e. The molecule has 7 heteroatoms. The van der Waals surface area contributed by atoms with Crippen LogP contribution >= 0.6 is 0 Å². The lowest BCUT2D eigenvalue weighted by atomic mass is 9.97. The van der Waals surface area contributed by atoms with Crippen LogP contribution in [0.2, 0.25) is 0 Å². The largest absolute Gasteiger partial charge is 0.465 e. The molecule has 0 fully saturated rings. The first kappa shape index (κ1) is 19.1. The molecule has 144 valence electrons. The molecule has 27 heavy (non-hydrogen) atoms. The molecule has 0 saturated heterocycles. The van der Waals surface area contributed by atoms with Gasteiger partial charge in [-0.05, 0) is 41.7 Å². The van der Waals surface area contributed by atoms with Crippen molar-refractivity contribution in [3.05, 3.63) is 47.2 Å². The number of aliphatic hydroxyl groups excluding tert-OH is 1. The highest BCUT2D eigenvalue weighted by Crippen LogP contribution is 2.25. The Hall–Kier alpha value is -2.67. The van der Waals surface area contributed by atoms with Crippen molar-refractivity contribution >= 4 is 17.7 Å². The lowest BCUT2D eigenvalue weighted by molar-refractivity contribution is 0.0600. The second-order valence-electron chi connectivity index (χ2n) is 7.06. The third-order valence-corrected chi connectivity index (χ3v) is 4.92.